The number of ether oxygens (including phenoxy) is 1. The number of nitrogens with zero attached hydrogens (tertiary/aromatic N) is 2. The molecule has 6 heteroatoms. The van der Waals surface area contributed by atoms with E-state index in [9.17, 15) is 4.79 Å². The first kappa shape index (κ1) is 17.0. The van der Waals surface area contributed by atoms with Crippen LogP contribution in [0.4, 0.5) is 16.2 Å². The number of nitrogens with one attached hydrogen (secondary N) is 1. The highest BCUT2D eigenvalue weighted by atomic mass is 35.5. The molecular formula is C19H18ClN3O2. The first-order valence-electron chi connectivity index (χ1n) is 7.74. The molecule has 0 aliphatic carbocycles. The summed E-state index contributed by atoms with van der Waals surface area (Å²) < 4.78 is 5.27. The molecule has 5 nitrogen and oxygen atoms in total. The van der Waals surface area contributed by atoms with E-state index in [0.29, 0.717) is 16.5 Å². The molecule has 0 unspecified atom stereocenters. The van der Waals surface area contributed by atoms with Crippen molar-refractivity contribution < 1.29 is 9.53 Å². The van der Waals surface area contributed by atoms with E-state index < -0.39 is 0 Å². The molecule has 0 spiro atoms. The summed E-state index contributed by atoms with van der Waals surface area (Å²) in [7, 11) is 3.26. The van der Waals surface area contributed by atoms with Crippen molar-refractivity contribution in [1.82, 2.24) is 4.98 Å². The van der Waals surface area contributed by atoms with E-state index in [-0.39, 0.29) is 6.03 Å². The Hall–Kier alpha value is -2.79. The number of anilines is 2. The Bertz CT molecular complexity index is 943. The van der Waals surface area contributed by atoms with E-state index in [1.807, 2.05) is 37.3 Å². The molecule has 2 amide bonds. The molecule has 0 atom stereocenters. The highest BCUT2D eigenvalue weighted by Gasteiger charge is 2.16. The maximum absolute atomic E-state index is 12.7. The predicted molar refractivity (Wildman–Crippen MR) is 102 cm³/mol. The zero-order chi connectivity index (χ0) is 18.0. The number of amides is 2. The summed E-state index contributed by atoms with van der Waals surface area (Å²) in [5.41, 5.74) is 2.98. The quantitative estimate of drug-likeness (QED) is 0.729. The fourth-order valence-electron chi connectivity index (χ4n) is 2.65. The first-order valence-corrected chi connectivity index (χ1v) is 8.12. The Morgan fingerprint density at radius 1 is 1.20 bits per heavy atom. The van der Waals surface area contributed by atoms with Crippen LogP contribution in [0.1, 0.15) is 5.69 Å². The van der Waals surface area contributed by atoms with Crippen molar-refractivity contribution in [2.45, 2.75) is 6.92 Å². The summed E-state index contributed by atoms with van der Waals surface area (Å²) in [6, 6.07) is 14.4. The van der Waals surface area contributed by atoms with Crippen LogP contribution in [0.15, 0.2) is 48.5 Å². The number of hydrogen-bond acceptors (Lipinski definition) is 3. The molecule has 3 aromatic rings. The number of para-hydroxylation sites is 1. The third-order valence-electron chi connectivity index (χ3n) is 3.89. The van der Waals surface area contributed by atoms with Gasteiger partial charge in [0, 0.05) is 23.2 Å². The van der Waals surface area contributed by atoms with Crippen LogP contribution >= 0.6 is 11.6 Å². The lowest BCUT2D eigenvalue weighted by molar-refractivity contribution is 0.258. The largest absolute Gasteiger partial charge is 0.495 e. The second kappa shape index (κ2) is 6.99. The van der Waals surface area contributed by atoms with E-state index in [2.05, 4.69) is 10.3 Å². The van der Waals surface area contributed by atoms with Gasteiger partial charge < -0.3 is 10.1 Å². The van der Waals surface area contributed by atoms with Crippen LogP contribution in [-0.4, -0.2) is 25.2 Å². The predicted octanol–water partition coefficient (Wildman–Crippen LogP) is 4.87. The van der Waals surface area contributed by atoms with E-state index in [4.69, 9.17) is 16.3 Å². The lowest BCUT2D eigenvalue weighted by Crippen LogP contribution is -2.31. The van der Waals surface area contributed by atoms with Crippen LogP contribution in [0, 0.1) is 6.92 Å². The van der Waals surface area contributed by atoms with Gasteiger partial charge in [-0.2, -0.15) is 0 Å². The van der Waals surface area contributed by atoms with Crippen molar-refractivity contribution in [1.29, 1.82) is 0 Å². The Morgan fingerprint density at radius 2 is 1.96 bits per heavy atom. The van der Waals surface area contributed by atoms with Crippen LogP contribution in [0.3, 0.4) is 0 Å². The zero-order valence-electron chi connectivity index (χ0n) is 14.2. The average molecular weight is 356 g/mol. The Kier molecular flexibility index (Phi) is 4.76. The van der Waals surface area contributed by atoms with Gasteiger partial charge in [0.15, 0.2) is 0 Å². The smallest absolute Gasteiger partial charge is 0.326 e. The number of hydrogen-bond donors (Lipinski definition) is 1. The molecule has 1 N–H and O–H groups in total. The van der Waals surface area contributed by atoms with Gasteiger partial charge in [0.2, 0.25) is 0 Å². The molecule has 3 rings (SSSR count). The number of carbonyl (C=O) groups is 1. The van der Waals surface area contributed by atoms with Crippen molar-refractivity contribution in [2.24, 2.45) is 0 Å². The van der Waals surface area contributed by atoms with Gasteiger partial charge in [-0.1, -0.05) is 29.8 Å². The van der Waals surface area contributed by atoms with Crippen LogP contribution in [0.2, 0.25) is 5.02 Å². The SMILES string of the molecule is COc1ccc(Cl)cc1NC(=O)N(C)c1cc(C)nc2ccccc12. The fourth-order valence-corrected chi connectivity index (χ4v) is 2.82. The number of pyridine rings is 1. The van der Waals surface area contributed by atoms with Crippen molar-refractivity contribution in [3.63, 3.8) is 0 Å². The van der Waals surface area contributed by atoms with E-state index in [0.717, 1.165) is 22.3 Å². The Morgan fingerprint density at radius 3 is 2.72 bits per heavy atom. The summed E-state index contributed by atoms with van der Waals surface area (Å²) in [5.74, 6) is 0.543. The number of aromatic nitrogens is 1. The van der Waals surface area contributed by atoms with Gasteiger partial charge in [0.05, 0.1) is 24.0 Å². The molecule has 128 valence electrons. The van der Waals surface area contributed by atoms with Crippen LogP contribution in [0.25, 0.3) is 10.9 Å². The Labute approximate surface area is 151 Å². The molecule has 0 saturated heterocycles. The molecule has 1 heterocycles. The van der Waals surface area contributed by atoms with Crippen molar-refractivity contribution >= 4 is 39.9 Å². The highest BCUT2D eigenvalue weighted by molar-refractivity contribution is 6.31. The third kappa shape index (κ3) is 3.51. The van der Waals surface area contributed by atoms with Gasteiger partial charge in [0.1, 0.15) is 5.75 Å². The van der Waals surface area contributed by atoms with Crippen LogP contribution in [0.5, 0.6) is 5.75 Å². The van der Waals surface area contributed by atoms with Gasteiger partial charge >= 0.3 is 6.03 Å². The van der Waals surface area contributed by atoms with Gasteiger partial charge in [-0.15, -0.1) is 0 Å². The maximum atomic E-state index is 12.7. The second-order valence-corrected chi connectivity index (χ2v) is 6.07. The van der Waals surface area contributed by atoms with E-state index in [1.54, 1.807) is 37.3 Å². The van der Waals surface area contributed by atoms with Crippen LogP contribution < -0.4 is 15.0 Å². The Balaban J connectivity index is 1.95. The second-order valence-electron chi connectivity index (χ2n) is 5.63. The van der Waals surface area contributed by atoms with Gasteiger partial charge in [-0.3, -0.25) is 9.88 Å². The zero-order valence-corrected chi connectivity index (χ0v) is 15.0. The number of fused-ring (bicyclic) bond motifs is 1. The molecule has 25 heavy (non-hydrogen) atoms. The van der Waals surface area contributed by atoms with Crippen molar-refractivity contribution in [3.05, 3.63) is 59.2 Å². The number of methoxy groups -OCH3 is 1. The lowest BCUT2D eigenvalue weighted by atomic mass is 10.1. The average Bonchev–Trinajstić information content (AvgIpc) is 2.60. The minimum atomic E-state index is -0.295. The lowest BCUT2D eigenvalue weighted by Gasteiger charge is -2.21. The minimum Gasteiger partial charge on any atom is -0.495 e. The number of halogens is 1. The van der Waals surface area contributed by atoms with Gasteiger partial charge in [0.25, 0.3) is 0 Å². The summed E-state index contributed by atoms with van der Waals surface area (Å²) in [4.78, 5) is 18.8. The molecule has 0 radical (unpaired) electrons. The molecule has 0 saturated carbocycles. The molecule has 0 bridgehead atoms. The number of rotatable bonds is 3. The molecule has 2 aromatic carbocycles. The fraction of sp³-hybridized carbons (Fsp3) is 0.158. The number of aryl methyl sites for hydroxylation is 1. The molecule has 0 aliphatic heterocycles. The number of urea groups is 1. The van der Waals surface area contributed by atoms with Gasteiger partial charge in [-0.25, -0.2) is 4.79 Å². The van der Waals surface area contributed by atoms with Gasteiger partial charge in [-0.05, 0) is 37.3 Å². The molecule has 1 aromatic heterocycles. The number of carbonyl (C=O) groups excluding carboxylic acids is 1. The third-order valence-corrected chi connectivity index (χ3v) is 4.13. The summed E-state index contributed by atoms with van der Waals surface area (Å²) in [5, 5.41) is 4.27. The van der Waals surface area contributed by atoms with E-state index >= 15 is 0 Å². The van der Waals surface area contributed by atoms with E-state index in [1.165, 1.54) is 0 Å². The molecular weight excluding hydrogens is 338 g/mol. The standard InChI is InChI=1S/C19H18ClN3O2/c1-12-10-17(14-6-4-5-7-15(14)21-12)23(2)19(24)22-16-11-13(20)8-9-18(16)25-3/h4-11H,1-3H3,(H,22,24). The summed E-state index contributed by atoms with van der Waals surface area (Å²) >= 11 is 6.02. The molecule has 0 aliphatic rings. The summed E-state index contributed by atoms with van der Waals surface area (Å²) in [6.07, 6.45) is 0. The topological polar surface area (TPSA) is 54.5 Å². The highest BCUT2D eigenvalue weighted by Crippen LogP contribution is 2.30. The summed E-state index contributed by atoms with van der Waals surface area (Å²) in [6.45, 7) is 1.90. The monoisotopic (exact) mass is 355 g/mol. The number of benzene rings is 2. The molecule has 0 fully saturated rings. The maximum Gasteiger partial charge on any atom is 0.326 e. The van der Waals surface area contributed by atoms with Crippen molar-refractivity contribution in [2.75, 3.05) is 24.4 Å². The minimum absolute atomic E-state index is 0.295. The normalized spacial score (nSPS) is 10.6. The van der Waals surface area contributed by atoms with Crippen LogP contribution in [-0.2, 0) is 0 Å². The first-order chi connectivity index (χ1) is 12.0. The van der Waals surface area contributed by atoms with Crippen molar-refractivity contribution in [3.8, 4) is 5.75 Å².